The van der Waals surface area contributed by atoms with E-state index in [1.807, 2.05) is 44.2 Å². The molecular formula is C21H26ClNO3S. The van der Waals surface area contributed by atoms with Gasteiger partial charge in [-0.15, -0.1) is 0 Å². The fourth-order valence-corrected chi connectivity index (χ4v) is 3.45. The van der Waals surface area contributed by atoms with E-state index in [4.69, 9.17) is 21.1 Å². The Bertz CT molecular complexity index is 767. The molecule has 0 aliphatic carbocycles. The number of aryl methyl sites for hydroxylation is 2. The number of thioether (sulfide) groups is 1. The van der Waals surface area contributed by atoms with Gasteiger partial charge in [-0.3, -0.25) is 4.79 Å². The molecule has 0 saturated carbocycles. The highest BCUT2D eigenvalue weighted by Gasteiger charge is 2.10. The first-order valence-corrected chi connectivity index (χ1v) is 10.4. The zero-order valence-electron chi connectivity index (χ0n) is 16.0. The van der Waals surface area contributed by atoms with Gasteiger partial charge in [0.05, 0.1) is 25.2 Å². The van der Waals surface area contributed by atoms with Crippen molar-refractivity contribution in [3.8, 4) is 11.5 Å². The minimum absolute atomic E-state index is 0.0452. The van der Waals surface area contributed by atoms with Crippen LogP contribution in [0.3, 0.4) is 0 Å². The van der Waals surface area contributed by atoms with E-state index in [1.165, 1.54) is 0 Å². The van der Waals surface area contributed by atoms with Crippen molar-refractivity contribution in [2.75, 3.05) is 30.5 Å². The van der Waals surface area contributed by atoms with Crippen molar-refractivity contribution in [1.29, 1.82) is 0 Å². The van der Waals surface area contributed by atoms with Crippen molar-refractivity contribution in [1.82, 2.24) is 0 Å². The first-order valence-electron chi connectivity index (χ1n) is 8.91. The second kappa shape index (κ2) is 11.1. The third-order valence-electron chi connectivity index (χ3n) is 4.02. The Kier molecular flexibility index (Phi) is 8.82. The third kappa shape index (κ3) is 7.00. The number of rotatable bonds is 10. The monoisotopic (exact) mass is 407 g/mol. The van der Waals surface area contributed by atoms with E-state index in [9.17, 15) is 4.79 Å². The molecule has 4 nitrogen and oxygen atoms in total. The van der Waals surface area contributed by atoms with Gasteiger partial charge in [0.25, 0.3) is 0 Å². The van der Waals surface area contributed by atoms with Gasteiger partial charge in [0.15, 0.2) is 0 Å². The normalized spacial score (nSPS) is 10.5. The summed E-state index contributed by atoms with van der Waals surface area (Å²) in [6.45, 7) is 4.63. The summed E-state index contributed by atoms with van der Waals surface area (Å²) in [4.78, 5) is 12.1. The maximum atomic E-state index is 12.1. The van der Waals surface area contributed by atoms with Crippen LogP contribution in [0.15, 0.2) is 36.4 Å². The average molecular weight is 408 g/mol. The van der Waals surface area contributed by atoms with Crippen molar-refractivity contribution in [3.05, 3.63) is 52.5 Å². The molecular weight excluding hydrogens is 382 g/mol. The van der Waals surface area contributed by atoms with Crippen molar-refractivity contribution in [2.24, 2.45) is 0 Å². The Morgan fingerprint density at radius 1 is 1.11 bits per heavy atom. The first kappa shape index (κ1) is 21.5. The lowest BCUT2D eigenvalue weighted by atomic mass is 10.2. The Labute approximate surface area is 170 Å². The van der Waals surface area contributed by atoms with Crippen LogP contribution in [0.1, 0.15) is 24.0 Å². The maximum Gasteiger partial charge on any atom is 0.234 e. The number of halogens is 1. The Balaban J connectivity index is 1.64. The number of unbranched alkanes of at least 4 members (excludes halogenated alkanes) is 1. The zero-order chi connectivity index (χ0) is 19.6. The molecule has 0 radical (unpaired) electrons. The van der Waals surface area contributed by atoms with E-state index in [1.54, 1.807) is 24.9 Å². The summed E-state index contributed by atoms with van der Waals surface area (Å²) in [6, 6.07) is 11.6. The van der Waals surface area contributed by atoms with Crippen LogP contribution >= 0.6 is 23.4 Å². The smallest absolute Gasteiger partial charge is 0.234 e. The van der Waals surface area contributed by atoms with Crippen molar-refractivity contribution >= 4 is 35.0 Å². The van der Waals surface area contributed by atoms with Gasteiger partial charge in [-0.2, -0.15) is 11.8 Å². The average Bonchev–Trinajstić information content (AvgIpc) is 2.65. The number of hydrogen-bond donors (Lipinski definition) is 1. The molecule has 0 aliphatic heterocycles. The largest absolute Gasteiger partial charge is 0.495 e. The zero-order valence-corrected chi connectivity index (χ0v) is 17.6. The van der Waals surface area contributed by atoms with E-state index in [0.29, 0.717) is 28.8 Å². The van der Waals surface area contributed by atoms with Gasteiger partial charge < -0.3 is 14.8 Å². The summed E-state index contributed by atoms with van der Waals surface area (Å²) in [7, 11) is 1.56. The van der Waals surface area contributed by atoms with Gasteiger partial charge in [-0.1, -0.05) is 29.8 Å². The number of carbonyl (C=O) groups is 1. The van der Waals surface area contributed by atoms with Crippen molar-refractivity contribution < 1.29 is 14.3 Å². The molecule has 1 amide bonds. The summed E-state index contributed by atoms with van der Waals surface area (Å²) in [5.41, 5.74) is 2.70. The highest BCUT2D eigenvalue weighted by molar-refractivity contribution is 7.99. The number of amides is 1. The second-order valence-corrected chi connectivity index (χ2v) is 7.74. The number of hydrogen-bond acceptors (Lipinski definition) is 4. The molecule has 27 heavy (non-hydrogen) atoms. The number of anilines is 1. The summed E-state index contributed by atoms with van der Waals surface area (Å²) in [5, 5.41) is 3.51. The molecule has 2 aromatic rings. The van der Waals surface area contributed by atoms with Crippen LogP contribution in [0.4, 0.5) is 5.69 Å². The fourth-order valence-electron chi connectivity index (χ4n) is 2.49. The van der Waals surface area contributed by atoms with Crippen LogP contribution < -0.4 is 14.8 Å². The van der Waals surface area contributed by atoms with Crippen LogP contribution in [-0.4, -0.2) is 31.1 Å². The Hall–Kier alpha value is -1.85. The Morgan fingerprint density at radius 3 is 2.63 bits per heavy atom. The van der Waals surface area contributed by atoms with Crippen LogP contribution in [0.5, 0.6) is 11.5 Å². The lowest BCUT2D eigenvalue weighted by Crippen LogP contribution is -2.15. The molecule has 0 atom stereocenters. The Morgan fingerprint density at radius 2 is 1.89 bits per heavy atom. The van der Waals surface area contributed by atoms with E-state index in [0.717, 1.165) is 35.5 Å². The number of para-hydroxylation sites is 1. The molecule has 0 unspecified atom stereocenters. The molecule has 0 aliphatic rings. The molecule has 0 fully saturated rings. The molecule has 146 valence electrons. The quantitative estimate of drug-likeness (QED) is 0.528. The van der Waals surface area contributed by atoms with Crippen molar-refractivity contribution in [3.63, 3.8) is 0 Å². The molecule has 2 rings (SSSR count). The predicted molar refractivity (Wildman–Crippen MR) is 115 cm³/mol. The molecule has 0 saturated heterocycles. The van der Waals surface area contributed by atoms with Crippen molar-refractivity contribution in [2.45, 2.75) is 26.7 Å². The minimum Gasteiger partial charge on any atom is -0.495 e. The van der Waals surface area contributed by atoms with Crippen LogP contribution in [-0.2, 0) is 4.79 Å². The number of nitrogens with one attached hydrogen (secondary N) is 1. The maximum absolute atomic E-state index is 12.1. The highest BCUT2D eigenvalue weighted by Crippen LogP contribution is 2.31. The van der Waals surface area contributed by atoms with E-state index >= 15 is 0 Å². The summed E-state index contributed by atoms with van der Waals surface area (Å²) in [5.74, 6) is 2.79. The SMILES string of the molecule is COc1cc(Cl)c(C)cc1NC(=O)CSCCCCOc1ccccc1C. The molecule has 1 N–H and O–H groups in total. The minimum atomic E-state index is -0.0452. The third-order valence-corrected chi connectivity index (χ3v) is 5.47. The van der Waals surface area contributed by atoms with Crippen LogP contribution in [0, 0.1) is 13.8 Å². The standard InChI is InChI=1S/C21H26ClNO3S/c1-15-8-4-5-9-19(15)26-10-6-7-11-27-14-21(24)23-18-12-16(2)17(22)13-20(18)25-3/h4-5,8-9,12-13H,6-7,10-11,14H2,1-3H3,(H,23,24). The van der Waals surface area contributed by atoms with Gasteiger partial charge >= 0.3 is 0 Å². The molecule has 0 heterocycles. The van der Waals surface area contributed by atoms with Gasteiger partial charge in [0.2, 0.25) is 5.91 Å². The number of ether oxygens (including phenoxy) is 2. The van der Waals surface area contributed by atoms with Gasteiger partial charge in [-0.25, -0.2) is 0 Å². The highest BCUT2D eigenvalue weighted by atomic mass is 35.5. The van der Waals surface area contributed by atoms with Gasteiger partial charge in [-0.05, 0) is 55.7 Å². The summed E-state index contributed by atoms with van der Waals surface area (Å²) in [6.07, 6.45) is 1.97. The first-order chi connectivity index (χ1) is 13.0. The van der Waals surface area contributed by atoms with Crippen LogP contribution in [0.25, 0.3) is 0 Å². The topological polar surface area (TPSA) is 47.6 Å². The second-order valence-electron chi connectivity index (χ2n) is 6.22. The number of benzene rings is 2. The molecule has 6 heteroatoms. The number of methoxy groups -OCH3 is 1. The molecule has 0 bridgehead atoms. The summed E-state index contributed by atoms with van der Waals surface area (Å²) >= 11 is 7.70. The van der Waals surface area contributed by atoms with E-state index in [-0.39, 0.29) is 5.91 Å². The lowest BCUT2D eigenvalue weighted by molar-refractivity contribution is -0.113. The van der Waals surface area contributed by atoms with Gasteiger partial charge in [0.1, 0.15) is 11.5 Å². The molecule has 2 aromatic carbocycles. The van der Waals surface area contributed by atoms with Gasteiger partial charge in [0, 0.05) is 11.1 Å². The van der Waals surface area contributed by atoms with Crippen LogP contribution in [0.2, 0.25) is 5.02 Å². The van der Waals surface area contributed by atoms with E-state index < -0.39 is 0 Å². The lowest BCUT2D eigenvalue weighted by Gasteiger charge is -2.12. The predicted octanol–water partition coefficient (Wildman–Crippen LogP) is 5.50. The molecule has 0 aromatic heterocycles. The van der Waals surface area contributed by atoms with E-state index in [2.05, 4.69) is 5.32 Å². The number of carbonyl (C=O) groups excluding carboxylic acids is 1. The fraction of sp³-hybridized carbons (Fsp3) is 0.381. The molecule has 0 spiro atoms. The summed E-state index contributed by atoms with van der Waals surface area (Å²) < 4.78 is 11.1.